The van der Waals surface area contributed by atoms with E-state index in [9.17, 15) is 0 Å². The first-order valence-electron chi connectivity index (χ1n) is 6.22. The van der Waals surface area contributed by atoms with Gasteiger partial charge >= 0.3 is 0 Å². The van der Waals surface area contributed by atoms with E-state index in [4.69, 9.17) is 10.5 Å². The van der Waals surface area contributed by atoms with E-state index in [1.165, 1.54) is 0 Å². The van der Waals surface area contributed by atoms with E-state index in [0.717, 1.165) is 32.0 Å². The highest BCUT2D eigenvalue weighted by Gasteiger charge is 2.06. The van der Waals surface area contributed by atoms with E-state index in [1.807, 2.05) is 48.7 Å². The van der Waals surface area contributed by atoms with Crippen LogP contribution in [0.3, 0.4) is 0 Å². The molecule has 2 aromatic carbocycles. The molecule has 0 aliphatic rings. The van der Waals surface area contributed by atoms with Crippen molar-refractivity contribution >= 4 is 28.2 Å². The van der Waals surface area contributed by atoms with Crippen LogP contribution < -0.4 is 10.5 Å². The molecular weight excluding hydrogens is 268 g/mol. The number of nitrogen functional groups attached to an aromatic ring is 1. The van der Waals surface area contributed by atoms with Crippen molar-refractivity contribution in [3.63, 3.8) is 0 Å². The summed E-state index contributed by atoms with van der Waals surface area (Å²) in [6, 6.07) is 14.0. The van der Waals surface area contributed by atoms with Crippen molar-refractivity contribution in [3.05, 3.63) is 54.9 Å². The Kier molecular flexibility index (Phi) is 3.48. The zero-order chi connectivity index (χ0) is 13.9. The molecule has 0 radical (unpaired) electrons. The van der Waals surface area contributed by atoms with Gasteiger partial charge in [0.15, 0.2) is 0 Å². The fraction of sp³-hybridized carbons (Fsp3) is 0.0625. The third-order valence-corrected chi connectivity index (χ3v) is 4.16. The molecule has 4 heteroatoms. The number of nitrogens with zero attached hydrogens (tertiary/aromatic N) is 1. The fourth-order valence-electron chi connectivity index (χ4n) is 2.05. The van der Waals surface area contributed by atoms with Gasteiger partial charge in [-0.3, -0.25) is 4.98 Å². The Bertz CT molecular complexity index is 758. The van der Waals surface area contributed by atoms with Crippen molar-refractivity contribution in [2.24, 2.45) is 0 Å². The summed E-state index contributed by atoms with van der Waals surface area (Å²) in [6.07, 6.45) is 3.59. The van der Waals surface area contributed by atoms with E-state index in [2.05, 4.69) is 4.98 Å². The van der Waals surface area contributed by atoms with Gasteiger partial charge in [-0.2, -0.15) is 0 Å². The number of pyridine rings is 1. The van der Waals surface area contributed by atoms with Crippen molar-refractivity contribution in [1.29, 1.82) is 0 Å². The van der Waals surface area contributed by atoms with E-state index in [-0.39, 0.29) is 0 Å². The maximum Gasteiger partial charge on any atom is 0.119 e. The predicted molar refractivity (Wildman–Crippen MR) is 83.3 cm³/mol. The molecular formula is C16H14N2OS. The third-order valence-electron chi connectivity index (χ3n) is 3.09. The second-order valence-corrected chi connectivity index (χ2v) is 5.47. The largest absolute Gasteiger partial charge is 0.497 e. The van der Waals surface area contributed by atoms with Crippen molar-refractivity contribution in [2.75, 3.05) is 12.8 Å². The molecule has 3 rings (SSSR count). The quantitative estimate of drug-likeness (QED) is 0.738. The van der Waals surface area contributed by atoms with E-state index >= 15 is 0 Å². The van der Waals surface area contributed by atoms with E-state index in [0.29, 0.717) is 0 Å². The first-order chi connectivity index (χ1) is 9.78. The number of ether oxygens (including phenoxy) is 1. The summed E-state index contributed by atoms with van der Waals surface area (Å²) in [5.74, 6) is 0.846. The number of fused-ring (bicyclic) bond motifs is 1. The smallest absolute Gasteiger partial charge is 0.119 e. The molecule has 0 unspecified atom stereocenters. The number of rotatable bonds is 3. The number of nitrogens with two attached hydrogens (primary N) is 1. The number of hydrogen-bond donors (Lipinski definition) is 1. The zero-order valence-corrected chi connectivity index (χ0v) is 11.9. The van der Waals surface area contributed by atoms with Gasteiger partial charge in [0.1, 0.15) is 5.75 Å². The van der Waals surface area contributed by atoms with E-state index in [1.54, 1.807) is 25.1 Å². The van der Waals surface area contributed by atoms with Gasteiger partial charge in [-0.05, 0) is 30.3 Å². The minimum Gasteiger partial charge on any atom is -0.497 e. The summed E-state index contributed by atoms with van der Waals surface area (Å²) in [5.41, 5.74) is 7.05. The lowest BCUT2D eigenvalue weighted by molar-refractivity contribution is 0.413. The van der Waals surface area contributed by atoms with Crippen LogP contribution in [0.25, 0.3) is 10.8 Å². The Hall–Kier alpha value is -2.20. The van der Waals surface area contributed by atoms with Gasteiger partial charge in [-0.15, -0.1) is 0 Å². The van der Waals surface area contributed by atoms with Crippen molar-refractivity contribution in [2.45, 2.75) is 9.79 Å². The van der Waals surface area contributed by atoms with Crippen LogP contribution in [0.5, 0.6) is 5.75 Å². The van der Waals surface area contributed by atoms with Gasteiger partial charge in [-0.25, -0.2) is 0 Å². The maximum atomic E-state index is 6.26. The van der Waals surface area contributed by atoms with Crippen LogP contribution in [0, 0.1) is 0 Å². The highest BCUT2D eigenvalue weighted by molar-refractivity contribution is 7.99. The maximum absolute atomic E-state index is 6.26. The number of aromatic nitrogens is 1. The minimum atomic E-state index is 0.790. The van der Waals surface area contributed by atoms with Gasteiger partial charge in [0.05, 0.1) is 12.8 Å². The number of anilines is 1. The Balaban J connectivity index is 2.00. The Labute approximate surface area is 121 Å². The van der Waals surface area contributed by atoms with Gasteiger partial charge in [0.2, 0.25) is 0 Å². The number of methoxy groups -OCH3 is 1. The molecule has 0 amide bonds. The van der Waals surface area contributed by atoms with Gasteiger partial charge in [0, 0.05) is 33.0 Å². The molecule has 20 heavy (non-hydrogen) atoms. The zero-order valence-electron chi connectivity index (χ0n) is 11.0. The van der Waals surface area contributed by atoms with Crippen LogP contribution in [0.15, 0.2) is 64.6 Å². The molecule has 0 saturated carbocycles. The molecule has 0 fully saturated rings. The van der Waals surface area contributed by atoms with Gasteiger partial charge < -0.3 is 10.5 Å². The third kappa shape index (κ3) is 2.42. The lowest BCUT2D eigenvalue weighted by atomic mass is 10.1. The van der Waals surface area contributed by atoms with Gasteiger partial charge in [0.25, 0.3) is 0 Å². The van der Waals surface area contributed by atoms with Crippen molar-refractivity contribution in [3.8, 4) is 5.75 Å². The average molecular weight is 282 g/mol. The van der Waals surface area contributed by atoms with Crippen molar-refractivity contribution in [1.82, 2.24) is 4.98 Å². The molecule has 3 nitrogen and oxygen atoms in total. The summed E-state index contributed by atoms with van der Waals surface area (Å²) in [5, 5.41) is 2.09. The Morgan fingerprint density at radius 2 is 2.05 bits per heavy atom. The molecule has 0 bridgehead atoms. The standard InChI is InChI=1S/C16H14N2OS/c1-19-12-3-2-4-13(9-12)20-15-6-5-11-10-18-8-7-14(11)16(15)17/h2-10H,17H2,1H3. The molecule has 1 heterocycles. The van der Waals surface area contributed by atoms with Crippen LogP contribution >= 0.6 is 11.8 Å². The first-order valence-corrected chi connectivity index (χ1v) is 7.03. The Morgan fingerprint density at radius 3 is 2.90 bits per heavy atom. The summed E-state index contributed by atoms with van der Waals surface area (Å²) < 4.78 is 5.24. The lowest BCUT2D eigenvalue weighted by Gasteiger charge is -2.09. The molecule has 1 aromatic heterocycles. The summed E-state index contributed by atoms with van der Waals surface area (Å²) in [6.45, 7) is 0. The SMILES string of the molecule is COc1cccc(Sc2ccc3cnccc3c2N)c1. The van der Waals surface area contributed by atoms with Crippen LogP contribution in [0.4, 0.5) is 5.69 Å². The minimum absolute atomic E-state index is 0.790. The summed E-state index contributed by atoms with van der Waals surface area (Å²) in [4.78, 5) is 6.25. The summed E-state index contributed by atoms with van der Waals surface area (Å²) in [7, 11) is 1.67. The monoisotopic (exact) mass is 282 g/mol. The Morgan fingerprint density at radius 1 is 1.15 bits per heavy atom. The predicted octanol–water partition coefficient (Wildman–Crippen LogP) is 3.98. The van der Waals surface area contributed by atoms with E-state index < -0.39 is 0 Å². The first kappa shape index (κ1) is 12.8. The molecule has 0 spiro atoms. The molecule has 0 aliphatic carbocycles. The highest BCUT2D eigenvalue weighted by Crippen LogP contribution is 2.36. The summed E-state index contributed by atoms with van der Waals surface area (Å²) >= 11 is 1.63. The second kappa shape index (κ2) is 5.43. The molecule has 100 valence electrons. The van der Waals surface area contributed by atoms with Crippen LogP contribution in [-0.4, -0.2) is 12.1 Å². The van der Waals surface area contributed by atoms with Crippen LogP contribution in [0.2, 0.25) is 0 Å². The molecule has 0 atom stereocenters. The number of hydrogen-bond acceptors (Lipinski definition) is 4. The fourth-order valence-corrected chi connectivity index (χ4v) is 2.99. The normalized spacial score (nSPS) is 10.7. The number of benzene rings is 2. The molecule has 0 saturated heterocycles. The van der Waals surface area contributed by atoms with Crippen LogP contribution in [0.1, 0.15) is 0 Å². The second-order valence-electron chi connectivity index (χ2n) is 4.36. The van der Waals surface area contributed by atoms with Crippen molar-refractivity contribution < 1.29 is 4.74 Å². The molecule has 0 aliphatic heterocycles. The lowest BCUT2D eigenvalue weighted by Crippen LogP contribution is -1.91. The average Bonchev–Trinajstić information content (AvgIpc) is 2.50. The molecule has 2 N–H and O–H groups in total. The molecule has 3 aromatic rings. The highest BCUT2D eigenvalue weighted by atomic mass is 32.2. The van der Waals surface area contributed by atoms with Crippen LogP contribution in [-0.2, 0) is 0 Å². The topological polar surface area (TPSA) is 48.1 Å². The van der Waals surface area contributed by atoms with Gasteiger partial charge in [-0.1, -0.05) is 23.9 Å².